The van der Waals surface area contributed by atoms with Gasteiger partial charge in [-0.25, -0.2) is 9.37 Å². The molecular weight excluding hydrogens is 431 g/mol. The van der Waals surface area contributed by atoms with Crippen LogP contribution in [0.3, 0.4) is 0 Å². The van der Waals surface area contributed by atoms with Crippen LogP contribution in [0.15, 0.2) is 102 Å². The number of aromatic nitrogens is 1. The van der Waals surface area contributed by atoms with Gasteiger partial charge in [-0.3, -0.25) is 4.79 Å². The molecule has 3 aromatic carbocycles. The van der Waals surface area contributed by atoms with Gasteiger partial charge in [0, 0.05) is 5.39 Å². The normalized spacial score (nSPS) is 11.9. The number of nitrogens with one attached hydrogen (secondary N) is 1. The molecule has 0 radical (unpaired) electrons. The number of benzene rings is 3. The number of fused-ring (bicyclic) bond motifs is 1. The zero-order valence-electron chi connectivity index (χ0n) is 17.7. The number of halogens is 1. The largest absolute Gasteiger partial charge is 0.345 e. The summed E-state index contributed by atoms with van der Waals surface area (Å²) in [6, 6.07) is 29.8. The molecule has 2 aromatic heterocycles. The third-order valence-electron chi connectivity index (χ3n) is 5.58. The maximum absolute atomic E-state index is 14.1. The molecule has 0 fully saturated rings. The Hall–Kier alpha value is -3.83. The number of nitrogens with zero attached hydrogens (tertiary/aromatic N) is 1. The second-order valence-corrected chi connectivity index (χ2v) is 8.77. The second kappa shape index (κ2) is 9.35. The molecule has 3 nitrogen and oxygen atoms in total. The zero-order chi connectivity index (χ0) is 22.6. The minimum absolute atomic E-state index is 0.233. The lowest BCUT2D eigenvalue weighted by molar-refractivity contribution is 0.0938. The summed E-state index contributed by atoms with van der Waals surface area (Å²) in [6.07, 6.45) is 0.645. The van der Waals surface area contributed by atoms with Crippen molar-refractivity contribution in [2.45, 2.75) is 12.5 Å². The molecule has 1 N–H and O–H groups in total. The van der Waals surface area contributed by atoms with E-state index in [1.807, 2.05) is 78.2 Å². The summed E-state index contributed by atoms with van der Waals surface area (Å²) in [4.78, 5) is 19.2. The summed E-state index contributed by atoms with van der Waals surface area (Å²) in [5.74, 6) is -0.651. The molecule has 0 saturated heterocycles. The van der Waals surface area contributed by atoms with Gasteiger partial charge in [0.25, 0.3) is 5.91 Å². The summed E-state index contributed by atoms with van der Waals surface area (Å²) >= 11 is 1.55. The number of hydrogen-bond acceptors (Lipinski definition) is 3. The lowest BCUT2D eigenvalue weighted by Gasteiger charge is -2.20. The van der Waals surface area contributed by atoms with E-state index < -0.39 is 5.82 Å². The van der Waals surface area contributed by atoms with Crippen molar-refractivity contribution in [2.75, 3.05) is 0 Å². The molecule has 1 atom stereocenters. The molecule has 0 unspecified atom stereocenters. The van der Waals surface area contributed by atoms with Crippen molar-refractivity contribution in [3.63, 3.8) is 0 Å². The Kier molecular flexibility index (Phi) is 5.96. The van der Waals surface area contributed by atoms with Crippen LogP contribution in [-0.2, 0) is 6.42 Å². The first-order valence-electron chi connectivity index (χ1n) is 10.7. The average molecular weight is 453 g/mol. The van der Waals surface area contributed by atoms with Crippen LogP contribution in [0.1, 0.15) is 27.5 Å². The first-order chi connectivity index (χ1) is 16.2. The van der Waals surface area contributed by atoms with Crippen LogP contribution in [0.5, 0.6) is 0 Å². The predicted octanol–water partition coefficient (Wildman–Crippen LogP) is 6.82. The van der Waals surface area contributed by atoms with Crippen molar-refractivity contribution in [3.8, 4) is 10.6 Å². The Morgan fingerprint density at radius 1 is 0.909 bits per heavy atom. The Morgan fingerprint density at radius 2 is 1.67 bits per heavy atom. The highest BCUT2D eigenvalue weighted by atomic mass is 32.1. The van der Waals surface area contributed by atoms with Crippen molar-refractivity contribution >= 4 is 28.1 Å². The monoisotopic (exact) mass is 452 g/mol. The molecule has 5 heteroatoms. The van der Waals surface area contributed by atoms with E-state index in [0.717, 1.165) is 16.0 Å². The fourth-order valence-electron chi connectivity index (χ4n) is 3.96. The Morgan fingerprint density at radius 3 is 2.39 bits per heavy atom. The van der Waals surface area contributed by atoms with Gasteiger partial charge in [0.15, 0.2) is 0 Å². The van der Waals surface area contributed by atoms with Gasteiger partial charge in [-0.15, -0.1) is 11.3 Å². The molecule has 0 spiro atoms. The van der Waals surface area contributed by atoms with Crippen LogP contribution in [-0.4, -0.2) is 10.9 Å². The predicted molar refractivity (Wildman–Crippen MR) is 132 cm³/mol. The van der Waals surface area contributed by atoms with Gasteiger partial charge < -0.3 is 5.32 Å². The molecule has 0 aliphatic heterocycles. The van der Waals surface area contributed by atoms with Crippen LogP contribution >= 0.6 is 11.3 Å². The molecular formula is C28H21FN2OS. The summed E-state index contributed by atoms with van der Waals surface area (Å²) in [6.45, 7) is 0. The molecule has 0 bridgehead atoms. The number of thiophene rings is 1. The average Bonchev–Trinajstić information content (AvgIpc) is 3.39. The minimum atomic E-state index is -0.397. The van der Waals surface area contributed by atoms with Crippen LogP contribution in [0.4, 0.5) is 4.39 Å². The summed E-state index contributed by atoms with van der Waals surface area (Å²) in [5.41, 5.74) is 3.84. The number of carbonyl (C=O) groups excluding carboxylic acids is 1. The van der Waals surface area contributed by atoms with Gasteiger partial charge in [0.2, 0.25) is 0 Å². The van der Waals surface area contributed by atoms with Gasteiger partial charge in [-0.05, 0) is 53.3 Å². The van der Waals surface area contributed by atoms with E-state index in [4.69, 9.17) is 0 Å². The smallest absolute Gasteiger partial charge is 0.252 e. The van der Waals surface area contributed by atoms with E-state index in [0.29, 0.717) is 28.6 Å². The number of carbonyl (C=O) groups is 1. The molecule has 0 saturated carbocycles. The van der Waals surface area contributed by atoms with Gasteiger partial charge >= 0.3 is 0 Å². The van der Waals surface area contributed by atoms with E-state index in [-0.39, 0.29) is 11.9 Å². The fourth-order valence-corrected chi connectivity index (χ4v) is 4.65. The van der Waals surface area contributed by atoms with E-state index in [2.05, 4.69) is 10.3 Å². The highest BCUT2D eigenvalue weighted by molar-refractivity contribution is 7.13. The number of rotatable bonds is 6. The quantitative estimate of drug-likeness (QED) is 0.307. The van der Waals surface area contributed by atoms with Gasteiger partial charge in [0.1, 0.15) is 5.82 Å². The Balaban J connectivity index is 1.55. The summed E-state index contributed by atoms with van der Waals surface area (Å²) in [5, 5.41) is 5.66. The lowest BCUT2D eigenvalue weighted by atomic mass is 9.98. The van der Waals surface area contributed by atoms with Crippen LogP contribution in [0.2, 0.25) is 0 Å². The van der Waals surface area contributed by atoms with Gasteiger partial charge in [-0.1, -0.05) is 66.7 Å². The first kappa shape index (κ1) is 21.0. The molecule has 0 aliphatic carbocycles. The number of hydrogen-bond donors (Lipinski definition) is 1. The number of amides is 1. The molecule has 5 aromatic rings. The second-order valence-electron chi connectivity index (χ2n) is 7.82. The van der Waals surface area contributed by atoms with Gasteiger partial charge in [-0.2, -0.15) is 0 Å². The highest BCUT2D eigenvalue weighted by Crippen LogP contribution is 2.29. The third-order valence-corrected chi connectivity index (χ3v) is 6.47. The first-order valence-corrected chi connectivity index (χ1v) is 11.6. The van der Waals surface area contributed by atoms with Crippen molar-refractivity contribution in [1.29, 1.82) is 0 Å². The van der Waals surface area contributed by atoms with Crippen molar-refractivity contribution in [1.82, 2.24) is 10.3 Å². The van der Waals surface area contributed by atoms with E-state index in [1.54, 1.807) is 23.5 Å². The lowest BCUT2D eigenvalue weighted by Crippen LogP contribution is -2.30. The maximum Gasteiger partial charge on any atom is 0.252 e. The Labute approximate surface area is 195 Å². The molecule has 162 valence electrons. The maximum atomic E-state index is 14.1. The Bertz CT molecular complexity index is 1390. The molecule has 0 aliphatic rings. The molecule has 5 rings (SSSR count). The number of pyridine rings is 1. The SMILES string of the molecule is O=C(N[C@H](Cc1ccccc1)c1ccccc1)c1cc(-c2cccs2)nc2ccc(F)cc12. The summed E-state index contributed by atoms with van der Waals surface area (Å²) in [7, 11) is 0. The summed E-state index contributed by atoms with van der Waals surface area (Å²) < 4.78 is 14.1. The molecule has 2 heterocycles. The van der Waals surface area contributed by atoms with Gasteiger partial charge in [0.05, 0.1) is 27.7 Å². The fraction of sp³-hybridized carbons (Fsp3) is 0.0714. The van der Waals surface area contributed by atoms with E-state index in [1.165, 1.54) is 12.1 Å². The highest BCUT2D eigenvalue weighted by Gasteiger charge is 2.20. The van der Waals surface area contributed by atoms with E-state index >= 15 is 0 Å². The zero-order valence-corrected chi connectivity index (χ0v) is 18.6. The molecule has 33 heavy (non-hydrogen) atoms. The van der Waals surface area contributed by atoms with Crippen molar-refractivity contribution in [2.24, 2.45) is 0 Å². The van der Waals surface area contributed by atoms with Crippen molar-refractivity contribution < 1.29 is 9.18 Å². The van der Waals surface area contributed by atoms with Crippen LogP contribution in [0.25, 0.3) is 21.5 Å². The standard InChI is InChI=1S/C28H21FN2OS/c29-21-13-14-24-22(17-21)23(18-26(30-24)27-12-7-15-33-27)28(32)31-25(20-10-5-2-6-11-20)16-19-8-3-1-4-9-19/h1-15,17-18,25H,16H2,(H,31,32)/t25-/m1/s1. The molecule has 1 amide bonds. The minimum Gasteiger partial charge on any atom is -0.345 e. The topological polar surface area (TPSA) is 42.0 Å². The third kappa shape index (κ3) is 4.69. The van der Waals surface area contributed by atoms with Crippen molar-refractivity contribution in [3.05, 3.63) is 125 Å². The van der Waals surface area contributed by atoms with Crippen LogP contribution in [0, 0.1) is 5.82 Å². The van der Waals surface area contributed by atoms with Crippen LogP contribution < -0.4 is 5.32 Å². The van der Waals surface area contributed by atoms with E-state index in [9.17, 15) is 9.18 Å².